The number of benzene rings is 1. The summed E-state index contributed by atoms with van der Waals surface area (Å²) in [5.74, 6) is -1.50. The number of halogens is 2. The first kappa shape index (κ1) is 10.9. The minimum atomic E-state index is -1.07. The van der Waals surface area contributed by atoms with Gasteiger partial charge in [0.2, 0.25) is 0 Å². The molecule has 0 spiro atoms. The normalized spacial score (nSPS) is 10.1. The van der Waals surface area contributed by atoms with Crippen LogP contribution in [0.4, 0.5) is 4.39 Å². The lowest BCUT2D eigenvalue weighted by molar-refractivity contribution is -0.142. The highest BCUT2D eigenvalue weighted by molar-refractivity contribution is 6.31. The number of carbonyl (C=O) groups is 1. The maximum absolute atomic E-state index is 12.7. The first-order valence-corrected chi connectivity index (χ1v) is 4.21. The Morgan fingerprint density at radius 2 is 2.29 bits per heavy atom. The molecule has 0 saturated heterocycles. The van der Waals surface area contributed by atoms with E-state index in [9.17, 15) is 9.18 Å². The van der Waals surface area contributed by atoms with E-state index in [4.69, 9.17) is 21.4 Å². The highest BCUT2D eigenvalue weighted by Gasteiger charge is 2.03. The predicted molar refractivity (Wildman–Crippen MR) is 48.7 cm³/mol. The fourth-order valence-corrected chi connectivity index (χ4v) is 1.07. The Kier molecular flexibility index (Phi) is 3.85. The summed E-state index contributed by atoms with van der Waals surface area (Å²) in [6, 6.07) is 3.84. The highest BCUT2D eigenvalue weighted by atomic mass is 35.5. The lowest BCUT2D eigenvalue weighted by Crippen LogP contribution is -2.06. The van der Waals surface area contributed by atoms with Crippen molar-refractivity contribution in [2.45, 2.75) is 6.61 Å². The van der Waals surface area contributed by atoms with Crippen LogP contribution in [0.1, 0.15) is 5.56 Å². The topological polar surface area (TPSA) is 46.5 Å². The number of carboxylic acids is 1. The van der Waals surface area contributed by atoms with E-state index in [1.165, 1.54) is 18.2 Å². The maximum atomic E-state index is 12.7. The van der Waals surface area contributed by atoms with Gasteiger partial charge in [-0.15, -0.1) is 0 Å². The summed E-state index contributed by atoms with van der Waals surface area (Å²) in [6.07, 6.45) is 0. The quantitative estimate of drug-likeness (QED) is 0.842. The van der Waals surface area contributed by atoms with Crippen molar-refractivity contribution in [1.82, 2.24) is 0 Å². The molecule has 0 saturated carbocycles. The molecule has 0 unspecified atom stereocenters. The Hall–Kier alpha value is -1.13. The lowest BCUT2D eigenvalue weighted by Gasteiger charge is -2.03. The van der Waals surface area contributed by atoms with Crippen molar-refractivity contribution in [1.29, 1.82) is 0 Å². The van der Waals surface area contributed by atoms with Crippen molar-refractivity contribution in [3.05, 3.63) is 34.6 Å². The van der Waals surface area contributed by atoms with Gasteiger partial charge in [0, 0.05) is 5.02 Å². The molecule has 0 heterocycles. The first-order valence-electron chi connectivity index (χ1n) is 3.83. The van der Waals surface area contributed by atoms with Crippen LogP contribution in [0, 0.1) is 5.82 Å². The molecule has 5 heteroatoms. The summed E-state index contributed by atoms with van der Waals surface area (Å²) < 4.78 is 17.5. The molecule has 0 radical (unpaired) electrons. The molecule has 0 amide bonds. The van der Waals surface area contributed by atoms with E-state index in [-0.39, 0.29) is 6.61 Å². The van der Waals surface area contributed by atoms with E-state index in [1.54, 1.807) is 0 Å². The van der Waals surface area contributed by atoms with E-state index in [1.807, 2.05) is 0 Å². The molecule has 3 nitrogen and oxygen atoms in total. The van der Waals surface area contributed by atoms with Crippen molar-refractivity contribution >= 4 is 17.6 Å². The molecule has 0 aliphatic rings. The zero-order valence-corrected chi connectivity index (χ0v) is 7.92. The van der Waals surface area contributed by atoms with Gasteiger partial charge < -0.3 is 9.84 Å². The molecular weight excluding hydrogens is 211 g/mol. The van der Waals surface area contributed by atoms with Crippen LogP contribution in [0.25, 0.3) is 0 Å². The number of rotatable bonds is 4. The van der Waals surface area contributed by atoms with Gasteiger partial charge in [0.15, 0.2) is 0 Å². The standard InChI is InChI=1S/C9H8ClFO3/c10-8-2-1-7(11)3-6(8)4-14-5-9(12)13/h1-3H,4-5H2,(H,12,13). The van der Waals surface area contributed by atoms with Gasteiger partial charge in [-0.1, -0.05) is 11.6 Å². The Balaban J connectivity index is 2.57. The van der Waals surface area contributed by atoms with Crippen LogP contribution in [0.15, 0.2) is 18.2 Å². The van der Waals surface area contributed by atoms with Crippen LogP contribution >= 0.6 is 11.6 Å². The van der Waals surface area contributed by atoms with E-state index < -0.39 is 18.4 Å². The number of hydrogen-bond donors (Lipinski definition) is 1. The molecule has 1 aromatic rings. The monoisotopic (exact) mass is 218 g/mol. The third kappa shape index (κ3) is 3.32. The van der Waals surface area contributed by atoms with Crippen molar-refractivity contribution in [2.75, 3.05) is 6.61 Å². The maximum Gasteiger partial charge on any atom is 0.329 e. The lowest BCUT2D eigenvalue weighted by atomic mass is 10.2. The summed E-state index contributed by atoms with van der Waals surface area (Å²) in [4.78, 5) is 10.1. The molecule has 1 rings (SSSR count). The fourth-order valence-electron chi connectivity index (χ4n) is 0.902. The average Bonchev–Trinajstić information content (AvgIpc) is 2.10. The minimum Gasteiger partial charge on any atom is -0.480 e. The van der Waals surface area contributed by atoms with E-state index >= 15 is 0 Å². The van der Waals surface area contributed by atoms with Crippen LogP contribution in [-0.4, -0.2) is 17.7 Å². The van der Waals surface area contributed by atoms with Gasteiger partial charge in [0.05, 0.1) is 6.61 Å². The molecule has 1 N–H and O–H groups in total. The smallest absolute Gasteiger partial charge is 0.329 e. The molecular formula is C9H8ClFO3. The highest BCUT2D eigenvalue weighted by Crippen LogP contribution is 2.17. The molecule has 0 fully saturated rings. The number of carboxylic acid groups (broad SMARTS) is 1. The van der Waals surface area contributed by atoms with Crippen LogP contribution in [0.2, 0.25) is 5.02 Å². The Labute approximate surface area is 85.1 Å². The van der Waals surface area contributed by atoms with Crippen LogP contribution in [0.3, 0.4) is 0 Å². The molecule has 1 aromatic carbocycles. The summed E-state index contributed by atoms with van der Waals surface area (Å²) >= 11 is 5.72. The first-order chi connectivity index (χ1) is 6.59. The molecule has 14 heavy (non-hydrogen) atoms. The van der Waals surface area contributed by atoms with E-state index in [0.717, 1.165) is 0 Å². The van der Waals surface area contributed by atoms with Gasteiger partial charge in [0.1, 0.15) is 12.4 Å². The summed E-state index contributed by atoms with van der Waals surface area (Å²) in [6.45, 7) is -0.435. The largest absolute Gasteiger partial charge is 0.480 e. The number of hydrogen-bond acceptors (Lipinski definition) is 2. The third-order valence-electron chi connectivity index (χ3n) is 1.49. The second-order valence-electron chi connectivity index (χ2n) is 2.62. The molecule has 0 aromatic heterocycles. The van der Waals surface area contributed by atoms with Crippen LogP contribution < -0.4 is 0 Å². The van der Waals surface area contributed by atoms with Crippen molar-refractivity contribution in [3.8, 4) is 0 Å². The van der Waals surface area contributed by atoms with Gasteiger partial charge >= 0.3 is 5.97 Å². The summed E-state index contributed by atoms with van der Waals surface area (Å²) in [7, 11) is 0. The van der Waals surface area contributed by atoms with Crippen LogP contribution in [0.5, 0.6) is 0 Å². The SMILES string of the molecule is O=C(O)COCc1cc(F)ccc1Cl. The van der Waals surface area contributed by atoms with Gasteiger partial charge in [-0.3, -0.25) is 0 Å². The summed E-state index contributed by atoms with van der Waals surface area (Å²) in [5, 5.41) is 8.64. The van der Waals surface area contributed by atoms with Gasteiger partial charge in [-0.05, 0) is 23.8 Å². The number of aliphatic carboxylic acids is 1. The Morgan fingerprint density at radius 3 is 2.93 bits per heavy atom. The van der Waals surface area contributed by atoms with Crippen molar-refractivity contribution < 1.29 is 19.0 Å². The van der Waals surface area contributed by atoms with Crippen molar-refractivity contribution in [3.63, 3.8) is 0 Å². The molecule has 0 aliphatic carbocycles. The third-order valence-corrected chi connectivity index (χ3v) is 1.86. The second-order valence-corrected chi connectivity index (χ2v) is 3.03. The van der Waals surface area contributed by atoms with Gasteiger partial charge in [-0.2, -0.15) is 0 Å². The number of ether oxygens (including phenoxy) is 1. The zero-order valence-electron chi connectivity index (χ0n) is 7.17. The molecule has 0 atom stereocenters. The molecule has 76 valence electrons. The second kappa shape index (κ2) is 4.93. The van der Waals surface area contributed by atoms with E-state index in [2.05, 4.69) is 0 Å². The fraction of sp³-hybridized carbons (Fsp3) is 0.222. The van der Waals surface area contributed by atoms with Crippen LogP contribution in [-0.2, 0) is 16.1 Å². The molecule has 0 aliphatic heterocycles. The Morgan fingerprint density at radius 1 is 1.57 bits per heavy atom. The van der Waals surface area contributed by atoms with Gasteiger partial charge in [-0.25, -0.2) is 9.18 Å². The summed E-state index contributed by atoms with van der Waals surface area (Å²) in [5.41, 5.74) is 0.438. The zero-order chi connectivity index (χ0) is 10.6. The van der Waals surface area contributed by atoms with E-state index in [0.29, 0.717) is 10.6 Å². The minimum absolute atomic E-state index is 0.0110. The van der Waals surface area contributed by atoms with Crippen molar-refractivity contribution in [2.24, 2.45) is 0 Å². The predicted octanol–water partition coefficient (Wildman–Crippen LogP) is 2.08. The average molecular weight is 219 g/mol. The Bertz CT molecular complexity index is 341. The molecule has 0 bridgehead atoms. The van der Waals surface area contributed by atoms with Gasteiger partial charge in [0.25, 0.3) is 0 Å².